The standard InChI is InChI=1S/C15H16N4O2/c1-9-14(16-2)17-8-18-15(9)21-11-4-5-12-10(7-11)3-6-13(20)19-12/h4-5,7-8H,3,6H2,1-2H3,(H,19,20)(H,16,17,18). The maximum Gasteiger partial charge on any atom is 0.227 e. The number of nitrogens with one attached hydrogen (secondary N) is 2. The summed E-state index contributed by atoms with van der Waals surface area (Å²) >= 11 is 0. The molecule has 0 saturated heterocycles. The van der Waals surface area contributed by atoms with Crippen LogP contribution in [0.4, 0.5) is 11.5 Å². The van der Waals surface area contributed by atoms with Gasteiger partial charge in [0.15, 0.2) is 0 Å². The first-order valence-electron chi connectivity index (χ1n) is 6.77. The summed E-state index contributed by atoms with van der Waals surface area (Å²) in [5, 5.41) is 5.85. The number of ether oxygens (including phenoxy) is 1. The van der Waals surface area contributed by atoms with Gasteiger partial charge in [-0.05, 0) is 37.1 Å². The number of hydrogen-bond donors (Lipinski definition) is 2. The third-order valence-electron chi connectivity index (χ3n) is 3.46. The zero-order chi connectivity index (χ0) is 14.8. The lowest BCUT2D eigenvalue weighted by Crippen LogP contribution is -2.18. The van der Waals surface area contributed by atoms with Gasteiger partial charge in [-0.15, -0.1) is 0 Å². The van der Waals surface area contributed by atoms with Crippen molar-refractivity contribution < 1.29 is 9.53 Å². The number of hydrogen-bond acceptors (Lipinski definition) is 5. The van der Waals surface area contributed by atoms with Crippen molar-refractivity contribution in [3.05, 3.63) is 35.7 Å². The van der Waals surface area contributed by atoms with Crippen LogP contribution >= 0.6 is 0 Å². The molecule has 0 saturated carbocycles. The molecular weight excluding hydrogens is 268 g/mol. The van der Waals surface area contributed by atoms with E-state index in [1.54, 1.807) is 7.05 Å². The van der Waals surface area contributed by atoms with Crippen molar-refractivity contribution in [2.75, 3.05) is 17.7 Å². The van der Waals surface area contributed by atoms with Gasteiger partial charge in [0.1, 0.15) is 17.9 Å². The fourth-order valence-corrected chi connectivity index (χ4v) is 2.32. The zero-order valence-electron chi connectivity index (χ0n) is 11.9. The molecule has 1 amide bonds. The van der Waals surface area contributed by atoms with Crippen molar-refractivity contribution in [2.45, 2.75) is 19.8 Å². The molecule has 6 heteroatoms. The molecule has 6 nitrogen and oxygen atoms in total. The maximum atomic E-state index is 11.4. The lowest BCUT2D eigenvalue weighted by atomic mass is 10.0. The van der Waals surface area contributed by atoms with Crippen LogP contribution in [0.5, 0.6) is 11.6 Å². The van der Waals surface area contributed by atoms with Crippen LogP contribution in [0.3, 0.4) is 0 Å². The molecule has 0 spiro atoms. The summed E-state index contributed by atoms with van der Waals surface area (Å²) in [4.78, 5) is 19.6. The minimum absolute atomic E-state index is 0.0569. The molecule has 108 valence electrons. The SMILES string of the molecule is CNc1ncnc(Oc2ccc3c(c2)CCC(=O)N3)c1C. The van der Waals surface area contributed by atoms with Crippen LogP contribution in [0.2, 0.25) is 0 Å². The molecule has 1 aliphatic rings. The molecule has 1 aromatic carbocycles. The highest BCUT2D eigenvalue weighted by atomic mass is 16.5. The van der Waals surface area contributed by atoms with Gasteiger partial charge in [-0.1, -0.05) is 0 Å². The van der Waals surface area contributed by atoms with Crippen molar-refractivity contribution in [1.29, 1.82) is 0 Å². The Morgan fingerprint density at radius 1 is 1.29 bits per heavy atom. The number of fused-ring (bicyclic) bond motifs is 1. The predicted molar refractivity (Wildman–Crippen MR) is 79.8 cm³/mol. The highest BCUT2D eigenvalue weighted by molar-refractivity contribution is 5.94. The topological polar surface area (TPSA) is 76.1 Å². The summed E-state index contributed by atoms with van der Waals surface area (Å²) in [5.74, 6) is 2.02. The van der Waals surface area contributed by atoms with E-state index in [4.69, 9.17) is 4.74 Å². The van der Waals surface area contributed by atoms with Crippen LogP contribution in [0, 0.1) is 6.92 Å². The number of aromatic nitrogens is 2. The zero-order valence-corrected chi connectivity index (χ0v) is 11.9. The molecule has 21 heavy (non-hydrogen) atoms. The van der Waals surface area contributed by atoms with E-state index < -0.39 is 0 Å². The molecule has 0 atom stereocenters. The molecule has 2 aromatic rings. The lowest BCUT2D eigenvalue weighted by Gasteiger charge is -2.18. The molecule has 1 aromatic heterocycles. The Balaban J connectivity index is 1.87. The molecule has 0 bridgehead atoms. The second-order valence-corrected chi connectivity index (χ2v) is 4.87. The minimum Gasteiger partial charge on any atom is -0.439 e. The number of rotatable bonds is 3. The largest absolute Gasteiger partial charge is 0.439 e. The second-order valence-electron chi connectivity index (χ2n) is 4.87. The van der Waals surface area contributed by atoms with E-state index in [1.165, 1.54) is 6.33 Å². The summed E-state index contributed by atoms with van der Waals surface area (Å²) in [5.41, 5.74) is 2.78. The quantitative estimate of drug-likeness (QED) is 0.905. The van der Waals surface area contributed by atoms with Gasteiger partial charge in [0, 0.05) is 19.2 Å². The number of nitrogens with zero attached hydrogens (tertiary/aromatic N) is 2. The van der Waals surface area contributed by atoms with Crippen LogP contribution < -0.4 is 15.4 Å². The Morgan fingerprint density at radius 3 is 2.95 bits per heavy atom. The fraction of sp³-hybridized carbons (Fsp3) is 0.267. The second kappa shape index (κ2) is 5.40. The van der Waals surface area contributed by atoms with Gasteiger partial charge in [0.05, 0.1) is 5.56 Å². The number of amides is 1. The van der Waals surface area contributed by atoms with Gasteiger partial charge in [0.25, 0.3) is 0 Å². The number of carbonyl (C=O) groups is 1. The maximum absolute atomic E-state index is 11.4. The van der Waals surface area contributed by atoms with E-state index in [2.05, 4.69) is 20.6 Å². The summed E-state index contributed by atoms with van der Waals surface area (Å²) in [6.45, 7) is 1.90. The number of anilines is 2. The third-order valence-corrected chi connectivity index (χ3v) is 3.46. The average Bonchev–Trinajstić information content (AvgIpc) is 2.49. The normalized spacial score (nSPS) is 13.3. The molecule has 3 rings (SSSR count). The summed E-state index contributed by atoms with van der Waals surface area (Å²) in [6, 6.07) is 5.62. The first-order chi connectivity index (χ1) is 10.2. The van der Waals surface area contributed by atoms with Crippen LogP contribution in [0.1, 0.15) is 17.5 Å². The molecule has 2 N–H and O–H groups in total. The van der Waals surface area contributed by atoms with Gasteiger partial charge in [-0.3, -0.25) is 4.79 Å². The molecule has 0 fully saturated rings. The summed E-state index contributed by atoms with van der Waals surface area (Å²) in [7, 11) is 1.81. The van der Waals surface area contributed by atoms with E-state index >= 15 is 0 Å². The monoisotopic (exact) mass is 284 g/mol. The molecule has 1 aliphatic heterocycles. The Hall–Kier alpha value is -2.63. The minimum atomic E-state index is 0.0569. The number of carbonyl (C=O) groups excluding carboxylic acids is 1. The molecular formula is C15H16N4O2. The number of benzene rings is 1. The molecule has 0 aliphatic carbocycles. The fourth-order valence-electron chi connectivity index (χ4n) is 2.32. The summed E-state index contributed by atoms with van der Waals surface area (Å²) in [6.07, 6.45) is 2.70. The van der Waals surface area contributed by atoms with Gasteiger partial charge in [-0.2, -0.15) is 0 Å². The van der Waals surface area contributed by atoms with Gasteiger partial charge in [0.2, 0.25) is 11.8 Å². The van der Waals surface area contributed by atoms with E-state index in [9.17, 15) is 4.79 Å². The van der Waals surface area contributed by atoms with Crippen LogP contribution in [0.15, 0.2) is 24.5 Å². The molecule has 0 unspecified atom stereocenters. The predicted octanol–water partition coefficient (Wildman–Crippen LogP) is 2.50. The van der Waals surface area contributed by atoms with E-state index in [0.717, 1.165) is 29.1 Å². The van der Waals surface area contributed by atoms with Crippen molar-refractivity contribution in [1.82, 2.24) is 9.97 Å². The molecule has 2 heterocycles. The van der Waals surface area contributed by atoms with Gasteiger partial charge >= 0.3 is 0 Å². The Bertz CT molecular complexity index is 700. The third kappa shape index (κ3) is 2.65. The highest BCUT2D eigenvalue weighted by Gasteiger charge is 2.16. The van der Waals surface area contributed by atoms with Crippen LogP contribution in [0.25, 0.3) is 0 Å². The Kier molecular flexibility index (Phi) is 3.43. The smallest absolute Gasteiger partial charge is 0.227 e. The first-order valence-corrected chi connectivity index (χ1v) is 6.77. The first kappa shape index (κ1) is 13.4. The highest BCUT2D eigenvalue weighted by Crippen LogP contribution is 2.30. The van der Waals surface area contributed by atoms with E-state index in [-0.39, 0.29) is 5.91 Å². The Morgan fingerprint density at radius 2 is 2.14 bits per heavy atom. The number of aryl methyl sites for hydroxylation is 1. The van der Waals surface area contributed by atoms with E-state index in [1.807, 2.05) is 25.1 Å². The van der Waals surface area contributed by atoms with Crippen molar-refractivity contribution in [2.24, 2.45) is 0 Å². The van der Waals surface area contributed by atoms with Crippen molar-refractivity contribution in [3.63, 3.8) is 0 Å². The lowest BCUT2D eigenvalue weighted by molar-refractivity contribution is -0.116. The van der Waals surface area contributed by atoms with E-state index in [0.29, 0.717) is 18.1 Å². The van der Waals surface area contributed by atoms with Crippen molar-refractivity contribution >= 4 is 17.4 Å². The van der Waals surface area contributed by atoms with Crippen molar-refractivity contribution in [3.8, 4) is 11.6 Å². The van der Waals surface area contributed by atoms with Crippen LogP contribution in [-0.4, -0.2) is 22.9 Å². The van der Waals surface area contributed by atoms with Gasteiger partial charge in [-0.25, -0.2) is 9.97 Å². The average molecular weight is 284 g/mol. The van der Waals surface area contributed by atoms with Gasteiger partial charge < -0.3 is 15.4 Å². The molecule has 0 radical (unpaired) electrons. The Labute approximate surface area is 122 Å². The summed E-state index contributed by atoms with van der Waals surface area (Å²) < 4.78 is 5.84. The van der Waals surface area contributed by atoms with Crippen LogP contribution in [-0.2, 0) is 11.2 Å².